The number of likely N-dealkylation sites (tertiary alicyclic amines) is 1. The smallest absolute Gasteiger partial charge is 0.410 e. The fourth-order valence-corrected chi connectivity index (χ4v) is 6.17. The van der Waals surface area contributed by atoms with Crippen molar-refractivity contribution in [2.45, 2.75) is 56.3 Å². The lowest BCUT2D eigenvalue weighted by atomic mass is 9.53. The van der Waals surface area contributed by atoms with Crippen molar-refractivity contribution in [1.82, 2.24) is 14.9 Å². The van der Waals surface area contributed by atoms with E-state index in [2.05, 4.69) is 20.0 Å². The Bertz CT molecular complexity index is 815. The largest absolute Gasteiger partial charge is 0.465 e. The van der Waals surface area contributed by atoms with E-state index in [0.29, 0.717) is 42.4 Å². The fraction of sp³-hybridized carbons (Fsp3) is 0.714. The SMILES string of the molecule is COC(=O)c1cnc(NC2CCN(C(=O)OC3C4CC5C[C@H]3CC(O)(C5)C4)C2)nc1. The number of nitrogens with one attached hydrogen (secondary N) is 1. The summed E-state index contributed by atoms with van der Waals surface area (Å²) in [4.78, 5) is 34.3. The van der Waals surface area contributed by atoms with Gasteiger partial charge in [-0.1, -0.05) is 0 Å². The molecule has 0 aromatic carbocycles. The summed E-state index contributed by atoms with van der Waals surface area (Å²) in [6.45, 7) is 1.14. The summed E-state index contributed by atoms with van der Waals surface area (Å²) in [5, 5.41) is 13.9. The van der Waals surface area contributed by atoms with Crippen LogP contribution in [0.1, 0.15) is 48.9 Å². The average Bonchev–Trinajstić information content (AvgIpc) is 3.18. The van der Waals surface area contributed by atoms with E-state index in [0.717, 1.165) is 38.5 Å². The minimum Gasteiger partial charge on any atom is -0.465 e. The third-order valence-electron chi connectivity index (χ3n) is 7.24. The molecule has 1 saturated heterocycles. The fourth-order valence-electron chi connectivity index (χ4n) is 6.17. The van der Waals surface area contributed by atoms with Gasteiger partial charge in [-0.15, -0.1) is 0 Å². The maximum absolute atomic E-state index is 12.8. The summed E-state index contributed by atoms with van der Waals surface area (Å²) in [7, 11) is 1.31. The van der Waals surface area contributed by atoms with Gasteiger partial charge in [0.05, 0.1) is 18.3 Å². The number of amides is 1. The Balaban J connectivity index is 1.15. The van der Waals surface area contributed by atoms with Gasteiger partial charge in [0.25, 0.3) is 0 Å². The Morgan fingerprint density at radius 1 is 1.20 bits per heavy atom. The van der Waals surface area contributed by atoms with Gasteiger partial charge in [-0.2, -0.15) is 0 Å². The molecule has 0 radical (unpaired) electrons. The maximum atomic E-state index is 12.8. The van der Waals surface area contributed by atoms with E-state index in [4.69, 9.17) is 4.74 Å². The molecule has 1 aliphatic heterocycles. The predicted molar refractivity (Wildman–Crippen MR) is 106 cm³/mol. The molecule has 1 amide bonds. The second-order valence-corrected chi connectivity index (χ2v) is 9.41. The molecule has 5 unspecified atom stereocenters. The van der Waals surface area contributed by atoms with Crippen LogP contribution in [0.25, 0.3) is 0 Å². The van der Waals surface area contributed by atoms with Crippen LogP contribution in [-0.4, -0.2) is 70.0 Å². The van der Waals surface area contributed by atoms with E-state index in [1.54, 1.807) is 4.90 Å². The van der Waals surface area contributed by atoms with E-state index in [1.165, 1.54) is 19.5 Å². The lowest BCUT2D eigenvalue weighted by molar-refractivity contribution is -0.177. The zero-order valence-corrected chi connectivity index (χ0v) is 17.1. The Kier molecular flexibility index (Phi) is 4.80. The Morgan fingerprint density at radius 3 is 2.53 bits per heavy atom. The van der Waals surface area contributed by atoms with Crippen LogP contribution in [0.3, 0.4) is 0 Å². The molecule has 9 heteroatoms. The second-order valence-electron chi connectivity index (χ2n) is 9.41. The van der Waals surface area contributed by atoms with Crippen LogP contribution in [0.15, 0.2) is 12.4 Å². The Labute approximate surface area is 175 Å². The number of methoxy groups -OCH3 is 1. The van der Waals surface area contributed by atoms with Crippen LogP contribution in [0.2, 0.25) is 0 Å². The van der Waals surface area contributed by atoms with Gasteiger partial charge in [-0.25, -0.2) is 19.6 Å². The minimum atomic E-state index is -0.522. The first-order valence-corrected chi connectivity index (χ1v) is 10.8. The van der Waals surface area contributed by atoms with E-state index in [9.17, 15) is 14.7 Å². The Morgan fingerprint density at radius 2 is 1.90 bits per heavy atom. The molecule has 9 nitrogen and oxygen atoms in total. The monoisotopic (exact) mass is 416 g/mol. The molecule has 4 saturated carbocycles. The number of nitrogens with zero attached hydrogens (tertiary/aromatic N) is 3. The molecule has 2 heterocycles. The molecule has 4 bridgehead atoms. The summed E-state index contributed by atoms with van der Waals surface area (Å²) < 4.78 is 10.6. The molecular weight excluding hydrogens is 388 g/mol. The molecule has 6 atom stereocenters. The van der Waals surface area contributed by atoms with Crippen LogP contribution in [-0.2, 0) is 9.47 Å². The molecule has 2 N–H and O–H groups in total. The molecule has 0 spiro atoms. The first-order chi connectivity index (χ1) is 14.4. The highest BCUT2D eigenvalue weighted by molar-refractivity contribution is 5.88. The van der Waals surface area contributed by atoms with Gasteiger partial charge in [-0.05, 0) is 56.3 Å². The third kappa shape index (κ3) is 3.59. The van der Waals surface area contributed by atoms with Gasteiger partial charge >= 0.3 is 12.1 Å². The van der Waals surface area contributed by atoms with Crippen molar-refractivity contribution in [3.63, 3.8) is 0 Å². The highest BCUT2D eigenvalue weighted by atomic mass is 16.6. The summed E-state index contributed by atoms with van der Waals surface area (Å²) in [6.07, 6.45) is 7.88. The zero-order valence-electron chi connectivity index (χ0n) is 17.1. The topological polar surface area (TPSA) is 114 Å². The van der Waals surface area contributed by atoms with Crippen molar-refractivity contribution in [3.05, 3.63) is 18.0 Å². The van der Waals surface area contributed by atoms with E-state index in [1.807, 2.05) is 0 Å². The predicted octanol–water partition coefficient (Wildman–Crippen LogP) is 1.83. The molecular formula is C21H28N4O5. The third-order valence-corrected chi connectivity index (χ3v) is 7.24. The van der Waals surface area contributed by atoms with E-state index >= 15 is 0 Å². The van der Waals surface area contributed by atoms with Crippen molar-refractivity contribution >= 4 is 18.0 Å². The van der Waals surface area contributed by atoms with Crippen molar-refractivity contribution < 1.29 is 24.2 Å². The van der Waals surface area contributed by atoms with Gasteiger partial charge in [-0.3, -0.25) is 0 Å². The average molecular weight is 416 g/mol. The van der Waals surface area contributed by atoms with Gasteiger partial charge in [0.2, 0.25) is 5.95 Å². The molecule has 30 heavy (non-hydrogen) atoms. The second kappa shape index (κ2) is 7.37. The number of hydrogen-bond donors (Lipinski definition) is 2. The van der Waals surface area contributed by atoms with Gasteiger partial charge < -0.3 is 24.8 Å². The quantitative estimate of drug-likeness (QED) is 0.715. The summed E-state index contributed by atoms with van der Waals surface area (Å²) >= 11 is 0. The highest BCUT2D eigenvalue weighted by Crippen LogP contribution is 2.56. The van der Waals surface area contributed by atoms with Gasteiger partial charge in [0, 0.05) is 31.5 Å². The number of ether oxygens (including phenoxy) is 2. The van der Waals surface area contributed by atoms with Crippen molar-refractivity contribution in [2.75, 3.05) is 25.5 Å². The van der Waals surface area contributed by atoms with Crippen LogP contribution < -0.4 is 5.32 Å². The highest BCUT2D eigenvalue weighted by Gasteiger charge is 2.56. The number of carbonyl (C=O) groups excluding carboxylic acids is 2. The standard InChI is InChI=1S/C21H28N4O5/c1-29-18(26)15-9-22-19(23-10-15)24-16-2-3-25(11-16)20(27)30-17-13-4-12-5-14(17)8-21(28,6-12)7-13/h9-10,12-14,16-17,28H,2-8,11H2,1H3,(H,22,23,24)/t12?,13-,14?,16?,17?,21?/m0/s1. The lowest BCUT2D eigenvalue weighted by Crippen LogP contribution is -2.58. The van der Waals surface area contributed by atoms with Crippen molar-refractivity contribution in [3.8, 4) is 0 Å². The van der Waals surface area contributed by atoms with E-state index < -0.39 is 11.6 Å². The summed E-state index contributed by atoms with van der Waals surface area (Å²) in [5.41, 5.74) is -0.231. The number of aliphatic hydroxyl groups is 1. The minimum absolute atomic E-state index is 0.0285. The van der Waals surface area contributed by atoms with Gasteiger partial charge in [0.15, 0.2) is 0 Å². The van der Waals surface area contributed by atoms with Crippen molar-refractivity contribution in [2.24, 2.45) is 17.8 Å². The zero-order chi connectivity index (χ0) is 20.9. The number of hydrogen-bond acceptors (Lipinski definition) is 8. The normalized spacial score (nSPS) is 36.6. The molecule has 162 valence electrons. The first-order valence-electron chi connectivity index (χ1n) is 10.8. The summed E-state index contributed by atoms with van der Waals surface area (Å²) in [5.74, 6) is 1.12. The number of rotatable bonds is 4. The van der Waals surface area contributed by atoms with Crippen LogP contribution in [0.5, 0.6) is 0 Å². The lowest BCUT2D eigenvalue weighted by Gasteiger charge is -2.57. The molecule has 1 aromatic rings. The molecule has 6 rings (SSSR count). The number of aromatic nitrogens is 2. The van der Waals surface area contributed by atoms with Crippen LogP contribution in [0, 0.1) is 17.8 Å². The van der Waals surface area contributed by atoms with Crippen LogP contribution >= 0.6 is 0 Å². The van der Waals surface area contributed by atoms with Crippen molar-refractivity contribution in [1.29, 1.82) is 0 Å². The number of carbonyl (C=O) groups is 2. The van der Waals surface area contributed by atoms with Crippen LogP contribution in [0.4, 0.5) is 10.7 Å². The van der Waals surface area contributed by atoms with E-state index in [-0.39, 0.29) is 18.2 Å². The number of esters is 1. The molecule has 1 aromatic heterocycles. The number of anilines is 1. The first kappa shape index (κ1) is 19.5. The molecule has 5 fully saturated rings. The maximum Gasteiger partial charge on any atom is 0.410 e. The Hall–Kier alpha value is -2.42. The molecule has 5 aliphatic rings. The summed E-state index contributed by atoms with van der Waals surface area (Å²) in [6, 6.07) is 0.0285. The van der Waals surface area contributed by atoms with Gasteiger partial charge in [0.1, 0.15) is 6.10 Å². The molecule has 4 aliphatic carbocycles.